The maximum absolute atomic E-state index is 11.6. The van der Waals surface area contributed by atoms with Crippen LogP contribution in [0.25, 0.3) is 0 Å². The van der Waals surface area contributed by atoms with Crippen molar-refractivity contribution >= 4 is 33.6 Å². The summed E-state index contributed by atoms with van der Waals surface area (Å²) in [4.78, 5) is 26.4. The molecule has 0 aliphatic heterocycles. The van der Waals surface area contributed by atoms with E-state index in [0.717, 1.165) is 4.47 Å². The van der Waals surface area contributed by atoms with E-state index in [9.17, 15) is 9.59 Å². The minimum absolute atomic E-state index is 0.0971. The van der Waals surface area contributed by atoms with E-state index in [-0.39, 0.29) is 12.3 Å². The van der Waals surface area contributed by atoms with Gasteiger partial charge in [-0.3, -0.25) is 9.59 Å². The first-order valence-corrected chi connectivity index (χ1v) is 5.75. The minimum atomic E-state index is -1.08. The highest BCUT2D eigenvalue weighted by atomic mass is 79.9. The van der Waals surface area contributed by atoms with Crippen molar-refractivity contribution in [3.05, 3.63) is 22.8 Å². The van der Waals surface area contributed by atoms with E-state index in [1.807, 2.05) is 0 Å². The maximum atomic E-state index is 11.6. The molecule has 2 N–H and O–H groups in total. The number of hydrogen-bond acceptors (Lipinski definition) is 3. The average Bonchev–Trinajstić information content (AvgIpc) is 2.20. The molecule has 1 heterocycles. The van der Waals surface area contributed by atoms with E-state index in [1.54, 1.807) is 18.3 Å². The number of anilines is 1. The molecule has 1 aromatic heterocycles. The van der Waals surface area contributed by atoms with Crippen molar-refractivity contribution in [3.63, 3.8) is 0 Å². The van der Waals surface area contributed by atoms with Gasteiger partial charge in [0.2, 0.25) is 5.91 Å². The molecule has 0 fully saturated rings. The molecule has 0 saturated carbocycles. The van der Waals surface area contributed by atoms with Crippen LogP contribution in [-0.4, -0.2) is 22.0 Å². The lowest BCUT2D eigenvalue weighted by Gasteiger charge is -2.17. The summed E-state index contributed by atoms with van der Waals surface area (Å²) in [5, 5.41) is 11.4. The summed E-state index contributed by atoms with van der Waals surface area (Å²) in [7, 11) is 0. The molecule has 1 amide bonds. The summed E-state index contributed by atoms with van der Waals surface area (Å²) in [6, 6.07) is 3.38. The number of nitrogens with one attached hydrogen (secondary N) is 1. The van der Waals surface area contributed by atoms with E-state index >= 15 is 0 Å². The number of amides is 1. The van der Waals surface area contributed by atoms with Gasteiger partial charge in [-0.2, -0.15) is 0 Å². The Kier molecular flexibility index (Phi) is 4.22. The van der Waals surface area contributed by atoms with Crippen LogP contribution in [0, 0.1) is 5.41 Å². The smallest absolute Gasteiger partial charge is 0.309 e. The monoisotopic (exact) mass is 300 g/mol. The van der Waals surface area contributed by atoms with Gasteiger partial charge in [-0.25, -0.2) is 4.98 Å². The third-order valence-electron chi connectivity index (χ3n) is 2.18. The molecule has 6 heteroatoms. The maximum Gasteiger partial charge on any atom is 0.309 e. The Morgan fingerprint density at radius 1 is 1.47 bits per heavy atom. The third kappa shape index (κ3) is 4.14. The number of carboxylic acids is 1. The first-order valence-electron chi connectivity index (χ1n) is 4.96. The van der Waals surface area contributed by atoms with Crippen molar-refractivity contribution in [1.29, 1.82) is 0 Å². The van der Waals surface area contributed by atoms with Crippen LogP contribution in [0.15, 0.2) is 22.8 Å². The molecule has 0 aliphatic rings. The van der Waals surface area contributed by atoms with Crippen LogP contribution in [0.3, 0.4) is 0 Å². The molecule has 1 aromatic rings. The van der Waals surface area contributed by atoms with Crippen LogP contribution >= 0.6 is 15.9 Å². The predicted octanol–water partition coefficient (Wildman–Crippen LogP) is 2.28. The van der Waals surface area contributed by atoms with Gasteiger partial charge in [0.1, 0.15) is 5.82 Å². The fraction of sp³-hybridized carbons (Fsp3) is 0.364. The Labute approximate surface area is 107 Å². The number of nitrogens with zero attached hydrogens (tertiary/aromatic N) is 1. The van der Waals surface area contributed by atoms with Gasteiger partial charge < -0.3 is 10.4 Å². The summed E-state index contributed by atoms with van der Waals surface area (Å²) in [6.45, 7) is 3.01. The number of carbonyl (C=O) groups excluding carboxylic acids is 1. The second kappa shape index (κ2) is 5.27. The van der Waals surface area contributed by atoms with Gasteiger partial charge in [-0.05, 0) is 41.9 Å². The SMILES string of the molecule is CC(C)(CC(=O)Nc1ccc(Br)cn1)C(=O)O. The normalized spacial score (nSPS) is 11.0. The van der Waals surface area contributed by atoms with E-state index in [2.05, 4.69) is 26.2 Å². The molecule has 0 unspecified atom stereocenters. The van der Waals surface area contributed by atoms with Gasteiger partial charge in [0.15, 0.2) is 0 Å². The minimum Gasteiger partial charge on any atom is -0.481 e. The lowest BCUT2D eigenvalue weighted by Crippen LogP contribution is -2.29. The summed E-state index contributed by atoms with van der Waals surface area (Å²) in [5.41, 5.74) is -1.08. The zero-order chi connectivity index (χ0) is 13.1. The van der Waals surface area contributed by atoms with E-state index in [4.69, 9.17) is 5.11 Å². The molecule has 0 aromatic carbocycles. The first kappa shape index (κ1) is 13.6. The lowest BCUT2D eigenvalue weighted by atomic mass is 9.89. The Hall–Kier alpha value is -1.43. The van der Waals surface area contributed by atoms with Gasteiger partial charge in [0, 0.05) is 17.1 Å². The highest BCUT2D eigenvalue weighted by Crippen LogP contribution is 2.21. The molecule has 0 aliphatic carbocycles. The quantitative estimate of drug-likeness (QED) is 0.894. The molecule has 0 bridgehead atoms. The highest BCUT2D eigenvalue weighted by Gasteiger charge is 2.30. The second-order valence-electron chi connectivity index (χ2n) is 4.28. The van der Waals surface area contributed by atoms with Crippen molar-refractivity contribution < 1.29 is 14.7 Å². The van der Waals surface area contributed by atoms with Gasteiger partial charge in [-0.1, -0.05) is 0 Å². The van der Waals surface area contributed by atoms with Crippen molar-refractivity contribution in [2.24, 2.45) is 5.41 Å². The van der Waals surface area contributed by atoms with Gasteiger partial charge in [0.05, 0.1) is 5.41 Å². The number of aliphatic carboxylic acids is 1. The fourth-order valence-corrected chi connectivity index (χ4v) is 1.35. The van der Waals surface area contributed by atoms with Crippen LogP contribution in [0.4, 0.5) is 5.82 Å². The standard InChI is InChI=1S/C11H13BrN2O3/c1-11(2,10(16)17)5-9(15)14-8-4-3-7(12)6-13-8/h3-4,6H,5H2,1-2H3,(H,16,17)(H,13,14,15). The number of hydrogen-bond donors (Lipinski definition) is 2. The van der Waals surface area contributed by atoms with E-state index in [1.165, 1.54) is 13.8 Å². The van der Waals surface area contributed by atoms with Crippen molar-refractivity contribution in [2.45, 2.75) is 20.3 Å². The Balaban J connectivity index is 2.62. The Morgan fingerprint density at radius 3 is 2.59 bits per heavy atom. The number of carbonyl (C=O) groups is 2. The van der Waals surface area contributed by atoms with Crippen LogP contribution in [0.5, 0.6) is 0 Å². The zero-order valence-corrected chi connectivity index (χ0v) is 11.1. The number of aromatic nitrogens is 1. The third-order valence-corrected chi connectivity index (χ3v) is 2.65. The molecule has 0 spiro atoms. The van der Waals surface area contributed by atoms with Gasteiger partial charge in [0.25, 0.3) is 0 Å². The molecule has 5 nitrogen and oxygen atoms in total. The highest BCUT2D eigenvalue weighted by molar-refractivity contribution is 9.10. The van der Waals surface area contributed by atoms with Crippen LogP contribution in [0.2, 0.25) is 0 Å². The van der Waals surface area contributed by atoms with Crippen molar-refractivity contribution in [1.82, 2.24) is 4.98 Å². The van der Waals surface area contributed by atoms with Gasteiger partial charge >= 0.3 is 5.97 Å². The van der Waals surface area contributed by atoms with Crippen LogP contribution in [-0.2, 0) is 9.59 Å². The molecule has 1 rings (SSSR count). The molecular weight excluding hydrogens is 288 g/mol. The average molecular weight is 301 g/mol. The molecule has 0 radical (unpaired) electrons. The number of halogens is 1. The van der Waals surface area contributed by atoms with Crippen molar-refractivity contribution in [2.75, 3.05) is 5.32 Å². The van der Waals surface area contributed by atoms with E-state index in [0.29, 0.717) is 5.82 Å². The van der Waals surface area contributed by atoms with Gasteiger partial charge in [-0.15, -0.1) is 0 Å². The predicted molar refractivity (Wildman–Crippen MR) is 66.6 cm³/mol. The van der Waals surface area contributed by atoms with Crippen LogP contribution < -0.4 is 5.32 Å². The summed E-state index contributed by atoms with van der Waals surface area (Å²) in [5.74, 6) is -0.969. The number of pyridine rings is 1. The fourth-order valence-electron chi connectivity index (χ4n) is 1.11. The van der Waals surface area contributed by atoms with E-state index < -0.39 is 11.4 Å². The Morgan fingerprint density at radius 2 is 2.12 bits per heavy atom. The molecule has 92 valence electrons. The first-order chi connectivity index (χ1) is 7.81. The molecular formula is C11H13BrN2O3. The van der Waals surface area contributed by atoms with Crippen molar-refractivity contribution in [3.8, 4) is 0 Å². The largest absolute Gasteiger partial charge is 0.481 e. The summed E-state index contributed by atoms with van der Waals surface area (Å²) >= 11 is 3.23. The lowest BCUT2D eigenvalue weighted by molar-refractivity contribution is -0.148. The number of rotatable bonds is 4. The zero-order valence-electron chi connectivity index (χ0n) is 9.53. The molecule has 0 saturated heterocycles. The topological polar surface area (TPSA) is 79.3 Å². The van der Waals surface area contributed by atoms with Crippen LogP contribution in [0.1, 0.15) is 20.3 Å². The Bertz CT molecular complexity index is 429. The summed E-state index contributed by atoms with van der Waals surface area (Å²) < 4.78 is 0.807. The second-order valence-corrected chi connectivity index (χ2v) is 5.19. The number of carboxylic acid groups (broad SMARTS) is 1. The molecule has 17 heavy (non-hydrogen) atoms. The molecule has 0 atom stereocenters. The summed E-state index contributed by atoms with van der Waals surface area (Å²) in [6.07, 6.45) is 1.46.